The van der Waals surface area contributed by atoms with E-state index in [0.29, 0.717) is 12.0 Å². The minimum absolute atomic E-state index is 0. The Morgan fingerprint density at radius 1 is 0.477 bits per heavy atom. The van der Waals surface area contributed by atoms with Crippen molar-refractivity contribution in [2.75, 3.05) is 26.2 Å². The summed E-state index contributed by atoms with van der Waals surface area (Å²) >= 11 is 0. The quantitative estimate of drug-likeness (QED) is 0.0588. The van der Waals surface area contributed by atoms with E-state index in [1.165, 1.54) is 167 Å². The fourth-order valence-electron chi connectivity index (χ4n) is 6.62. The van der Waals surface area contributed by atoms with Gasteiger partial charge in [0.25, 0.3) is 0 Å². The maximum Gasteiger partial charge on any atom is 0.0558 e. The van der Waals surface area contributed by atoms with E-state index in [0.717, 1.165) is 19.4 Å². The van der Waals surface area contributed by atoms with Crippen LogP contribution in [0.25, 0.3) is 0 Å². The average molecular weight is 635 g/mol. The Labute approximate surface area is 282 Å². The molecule has 0 spiro atoms. The van der Waals surface area contributed by atoms with E-state index < -0.39 is 0 Å². The van der Waals surface area contributed by atoms with Crippen LogP contribution in [0.5, 0.6) is 0 Å². The van der Waals surface area contributed by atoms with Gasteiger partial charge in [0.05, 0.1) is 6.61 Å². The Morgan fingerprint density at radius 2 is 0.818 bits per heavy atom. The molecule has 3 heteroatoms. The molecule has 0 unspecified atom stereocenters. The van der Waals surface area contributed by atoms with Crippen molar-refractivity contribution in [2.45, 2.75) is 181 Å². The Kier molecular flexibility index (Phi) is 32.9. The van der Waals surface area contributed by atoms with Crippen LogP contribution in [0.15, 0.2) is 48.6 Å². The predicted octanol–water partition coefficient (Wildman–Crippen LogP) is 13.1. The van der Waals surface area contributed by atoms with E-state index in [9.17, 15) is 5.11 Å². The minimum Gasteiger partial charge on any atom is -0.395 e. The molecule has 0 radical (unpaired) electrons. The van der Waals surface area contributed by atoms with Crippen molar-refractivity contribution in [2.24, 2.45) is 5.41 Å². The highest BCUT2D eigenvalue weighted by Crippen LogP contribution is 2.40. The summed E-state index contributed by atoms with van der Waals surface area (Å²) in [4.78, 5) is 2.48. The minimum atomic E-state index is 0. The summed E-state index contributed by atoms with van der Waals surface area (Å²) in [7, 11) is 0. The lowest BCUT2D eigenvalue weighted by molar-refractivity contribution is -0.0250. The first kappa shape index (κ1) is 43.2. The van der Waals surface area contributed by atoms with Gasteiger partial charge in [-0.2, -0.15) is 0 Å². The van der Waals surface area contributed by atoms with Crippen LogP contribution in [0, 0.1) is 5.41 Å². The predicted molar refractivity (Wildman–Crippen MR) is 201 cm³/mol. The number of aliphatic hydroxyl groups is 1. The lowest BCUT2D eigenvalue weighted by Gasteiger charge is -2.51. The van der Waals surface area contributed by atoms with Gasteiger partial charge in [0.1, 0.15) is 0 Å². The van der Waals surface area contributed by atoms with Crippen molar-refractivity contribution >= 4 is 12.4 Å². The van der Waals surface area contributed by atoms with Crippen LogP contribution in [-0.4, -0.2) is 36.2 Å². The number of allylic oxidation sites excluding steroid dienone is 8. The lowest BCUT2D eigenvalue weighted by Crippen LogP contribution is -2.56. The number of β-amino-alcohol motifs (C(OH)–C–C–N with tert-alkyl or cyclic N) is 1. The number of halogens is 1. The summed E-state index contributed by atoms with van der Waals surface area (Å²) in [5.41, 5.74) is 0.555. The van der Waals surface area contributed by atoms with Crippen molar-refractivity contribution < 1.29 is 5.11 Å². The summed E-state index contributed by atoms with van der Waals surface area (Å²) in [5.74, 6) is 0. The van der Waals surface area contributed by atoms with Gasteiger partial charge in [0.2, 0.25) is 0 Å². The van der Waals surface area contributed by atoms with E-state index in [1.54, 1.807) is 0 Å². The zero-order valence-corrected chi connectivity index (χ0v) is 30.5. The maximum atomic E-state index is 9.37. The Morgan fingerprint density at radius 3 is 1.18 bits per heavy atom. The van der Waals surface area contributed by atoms with E-state index in [-0.39, 0.29) is 12.4 Å². The molecule has 1 saturated heterocycles. The van der Waals surface area contributed by atoms with Gasteiger partial charge in [0.15, 0.2) is 0 Å². The van der Waals surface area contributed by atoms with Crippen LogP contribution < -0.4 is 0 Å². The molecule has 258 valence electrons. The highest BCUT2D eigenvalue weighted by atomic mass is 35.5. The zero-order valence-electron chi connectivity index (χ0n) is 29.6. The molecule has 0 aromatic rings. The van der Waals surface area contributed by atoms with Crippen molar-refractivity contribution in [3.8, 4) is 0 Å². The fraction of sp³-hybridized carbons (Fsp3) is 0.805. The third kappa shape index (κ3) is 26.4. The largest absolute Gasteiger partial charge is 0.395 e. The van der Waals surface area contributed by atoms with Gasteiger partial charge in [-0.1, -0.05) is 152 Å². The standard InChI is InChI=1S/C41H75NO.ClH/c1-3-5-7-9-11-13-15-17-19-21-23-25-27-29-31-33-35-41(39-42(40-41)37-38-43)36-34-32-30-28-26-24-22-20-18-16-14-12-10-8-6-4-2;/h11-14,17-20,43H,3-10,15-16,21-40H2,1-2H3;1H/b13-11-,14-12-,19-17-,20-18-;. The van der Waals surface area contributed by atoms with E-state index in [1.807, 2.05) is 0 Å². The molecule has 1 aliphatic rings. The summed E-state index contributed by atoms with van der Waals surface area (Å²) < 4.78 is 0. The molecule has 0 saturated carbocycles. The molecule has 1 fully saturated rings. The van der Waals surface area contributed by atoms with Crippen molar-refractivity contribution in [1.82, 2.24) is 4.90 Å². The average Bonchev–Trinajstić information content (AvgIpc) is 2.99. The lowest BCUT2D eigenvalue weighted by atomic mass is 9.71. The molecule has 0 aliphatic carbocycles. The number of likely N-dealkylation sites (tertiary alicyclic amines) is 1. The topological polar surface area (TPSA) is 23.5 Å². The Hall–Kier alpha value is -0.830. The van der Waals surface area contributed by atoms with Crippen LogP contribution in [0.2, 0.25) is 0 Å². The maximum absolute atomic E-state index is 9.37. The molecule has 0 amide bonds. The second-order valence-corrected chi connectivity index (χ2v) is 13.6. The van der Waals surface area contributed by atoms with Crippen LogP contribution >= 0.6 is 12.4 Å². The first-order valence-electron chi connectivity index (χ1n) is 19.2. The summed E-state index contributed by atoms with van der Waals surface area (Å²) in [5, 5.41) is 9.37. The summed E-state index contributed by atoms with van der Waals surface area (Å²) in [6.07, 6.45) is 53.7. The number of nitrogens with zero attached hydrogens (tertiary/aromatic N) is 1. The van der Waals surface area contributed by atoms with E-state index in [2.05, 4.69) is 67.4 Å². The first-order chi connectivity index (χ1) is 21.3. The summed E-state index contributed by atoms with van der Waals surface area (Å²) in [6, 6.07) is 0. The van der Waals surface area contributed by atoms with Crippen molar-refractivity contribution in [1.29, 1.82) is 0 Å². The smallest absolute Gasteiger partial charge is 0.0558 e. The van der Waals surface area contributed by atoms with Gasteiger partial charge in [0, 0.05) is 19.6 Å². The monoisotopic (exact) mass is 634 g/mol. The number of unbranched alkanes of at least 4 members (excludes halogenated alkanes) is 18. The Bertz CT molecular complexity index is 641. The highest BCUT2D eigenvalue weighted by molar-refractivity contribution is 5.85. The van der Waals surface area contributed by atoms with Gasteiger partial charge in [-0.05, 0) is 82.5 Å². The molecular formula is C41H76ClNO. The Balaban J connectivity index is 0.0000185. The number of hydrogen-bond donors (Lipinski definition) is 1. The van der Waals surface area contributed by atoms with Crippen molar-refractivity contribution in [3.63, 3.8) is 0 Å². The molecule has 44 heavy (non-hydrogen) atoms. The molecule has 0 bridgehead atoms. The molecule has 0 atom stereocenters. The van der Waals surface area contributed by atoms with Crippen LogP contribution in [0.4, 0.5) is 0 Å². The van der Waals surface area contributed by atoms with Gasteiger partial charge in [-0.15, -0.1) is 12.4 Å². The SMILES string of the molecule is CCCCC/C=C\C/C=C\CCCCCCCCC1(CCCCCCCC/C=C\C/C=C\CCCCC)CN(CCO)C1.Cl. The van der Waals surface area contributed by atoms with Gasteiger partial charge in [-0.3, -0.25) is 4.90 Å². The van der Waals surface area contributed by atoms with Gasteiger partial charge < -0.3 is 5.11 Å². The molecule has 1 heterocycles. The van der Waals surface area contributed by atoms with Gasteiger partial charge in [-0.25, -0.2) is 0 Å². The van der Waals surface area contributed by atoms with E-state index in [4.69, 9.17) is 0 Å². The number of rotatable bonds is 32. The molecule has 1 aliphatic heterocycles. The molecule has 1 rings (SSSR count). The van der Waals surface area contributed by atoms with Crippen molar-refractivity contribution in [3.05, 3.63) is 48.6 Å². The normalized spacial score (nSPS) is 15.2. The number of aliphatic hydroxyl groups excluding tert-OH is 1. The molecule has 0 aromatic heterocycles. The van der Waals surface area contributed by atoms with Crippen LogP contribution in [0.1, 0.15) is 181 Å². The molecular weight excluding hydrogens is 558 g/mol. The zero-order chi connectivity index (χ0) is 30.9. The number of hydrogen-bond acceptors (Lipinski definition) is 2. The second kappa shape index (κ2) is 33.5. The molecule has 1 N–H and O–H groups in total. The second-order valence-electron chi connectivity index (χ2n) is 13.6. The first-order valence-corrected chi connectivity index (χ1v) is 19.2. The van der Waals surface area contributed by atoms with Crippen LogP contribution in [0.3, 0.4) is 0 Å². The van der Waals surface area contributed by atoms with Crippen LogP contribution in [-0.2, 0) is 0 Å². The summed E-state index contributed by atoms with van der Waals surface area (Å²) in [6.45, 7) is 8.18. The fourth-order valence-corrected chi connectivity index (χ4v) is 6.62. The van der Waals surface area contributed by atoms with E-state index >= 15 is 0 Å². The molecule has 2 nitrogen and oxygen atoms in total. The van der Waals surface area contributed by atoms with Gasteiger partial charge >= 0.3 is 0 Å². The third-order valence-corrected chi connectivity index (χ3v) is 9.35. The highest BCUT2D eigenvalue weighted by Gasteiger charge is 2.40. The third-order valence-electron chi connectivity index (χ3n) is 9.35. The molecule has 0 aromatic carbocycles.